The van der Waals surface area contributed by atoms with Gasteiger partial charge in [-0.2, -0.15) is 0 Å². The van der Waals surface area contributed by atoms with Crippen LogP contribution in [-0.2, 0) is 19.0 Å². The standard InChI is InChI=1S/C9H10S3.K/c10-9(11)12-7-6-8-4-2-1-3-5-8;/h1-5H,6-7H2,(H,10,11);/q;+1/p-1. The van der Waals surface area contributed by atoms with Gasteiger partial charge in [0.05, 0.1) is 0 Å². The van der Waals surface area contributed by atoms with Gasteiger partial charge in [-0.25, -0.2) is 0 Å². The van der Waals surface area contributed by atoms with E-state index < -0.39 is 0 Å². The van der Waals surface area contributed by atoms with Gasteiger partial charge in [-0.1, -0.05) is 33.9 Å². The van der Waals surface area contributed by atoms with Gasteiger partial charge in [-0.3, -0.25) is 0 Å². The third kappa shape index (κ3) is 7.45. The fourth-order valence-electron chi connectivity index (χ4n) is 0.897. The molecule has 4 heteroatoms. The second-order valence-electron chi connectivity index (χ2n) is 2.33. The van der Waals surface area contributed by atoms with Crippen LogP contribution in [-0.4, -0.2) is 9.28 Å². The van der Waals surface area contributed by atoms with Crippen LogP contribution >= 0.6 is 24.0 Å². The molecular formula is C9H9KS3. The van der Waals surface area contributed by atoms with E-state index in [9.17, 15) is 0 Å². The smallest absolute Gasteiger partial charge is 0.422 e. The minimum absolute atomic E-state index is 0. The van der Waals surface area contributed by atoms with E-state index in [0.717, 1.165) is 12.2 Å². The summed E-state index contributed by atoms with van der Waals surface area (Å²) in [5.74, 6) is 0.992. The molecule has 64 valence electrons. The Hall–Kier alpha value is 1.52. The molecule has 0 N–H and O–H groups in total. The summed E-state index contributed by atoms with van der Waals surface area (Å²) in [6.45, 7) is 0. The predicted molar refractivity (Wildman–Crippen MR) is 62.6 cm³/mol. The van der Waals surface area contributed by atoms with Crippen LogP contribution in [0, 0.1) is 0 Å². The summed E-state index contributed by atoms with van der Waals surface area (Å²) in [6, 6.07) is 10.4. The third-order valence-electron chi connectivity index (χ3n) is 1.45. The summed E-state index contributed by atoms with van der Waals surface area (Å²) >= 11 is 11.1. The van der Waals surface area contributed by atoms with Crippen LogP contribution < -0.4 is 51.4 Å². The molecule has 0 amide bonds. The Kier molecular flexibility index (Phi) is 9.82. The first-order valence-corrected chi connectivity index (χ1v) is 5.47. The Balaban J connectivity index is 0.00000144. The molecule has 0 aromatic heterocycles. The number of thiocarbonyl (C=S) groups is 1. The molecular weight excluding hydrogens is 243 g/mol. The number of aryl methyl sites for hydroxylation is 1. The molecule has 0 heterocycles. The first-order valence-electron chi connectivity index (χ1n) is 3.67. The molecule has 0 aliphatic heterocycles. The molecule has 0 bridgehead atoms. The average Bonchev–Trinajstić information content (AvgIpc) is 2.05. The number of hydrogen-bond donors (Lipinski definition) is 0. The van der Waals surface area contributed by atoms with Crippen LogP contribution in [0.25, 0.3) is 0 Å². The zero-order valence-corrected chi connectivity index (χ0v) is 13.1. The predicted octanol–water partition coefficient (Wildman–Crippen LogP) is -0.202. The first kappa shape index (κ1) is 14.5. The summed E-state index contributed by atoms with van der Waals surface area (Å²) < 4.78 is 0.617. The van der Waals surface area contributed by atoms with Crippen LogP contribution in [0.15, 0.2) is 30.3 Å². The monoisotopic (exact) mass is 252 g/mol. The molecule has 0 radical (unpaired) electrons. The first-order chi connectivity index (χ1) is 5.79. The van der Waals surface area contributed by atoms with Crippen LogP contribution in [0.1, 0.15) is 5.56 Å². The summed E-state index contributed by atoms with van der Waals surface area (Å²) in [6.07, 6.45) is 1.04. The Morgan fingerprint density at radius 1 is 1.31 bits per heavy atom. The third-order valence-corrected chi connectivity index (χ3v) is 2.80. The summed E-state index contributed by atoms with van der Waals surface area (Å²) in [5.41, 5.74) is 1.34. The van der Waals surface area contributed by atoms with E-state index in [4.69, 9.17) is 24.8 Å². The Morgan fingerprint density at radius 2 is 1.92 bits per heavy atom. The van der Waals surface area contributed by atoms with E-state index in [1.54, 1.807) is 11.8 Å². The minimum atomic E-state index is 0. The molecule has 0 atom stereocenters. The van der Waals surface area contributed by atoms with Crippen LogP contribution in [0.3, 0.4) is 0 Å². The largest absolute Gasteiger partial charge is 1.00 e. The van der Waals surface area contributed by atoms with Crippen molar-refractivity contribution in [3.05, 3.63) is 35.9 Å². The van der Waals surface area contributed by atoms with Gasteiger partial charge in [0.2, 0.25) is 0 Å². The van der Waals surface area contributed by atoms with E-state index >= 15 is 0 Å². The fraction of sp³-hybridized carbons (Fsp3) is 0.222. The van der Waals surface area contributed by atoms with E-state index in [2.05, 4.69) is 12.1 Å². The van der Waals surface area contributed by atoms with Gasteiger partial charge in [0.25, 0.3) is 0 Å². The summed E-state index contributed by atoms with van der Waals surface area (Å²) in [4.78, 5) is 0. The fourth-order valence-corrected chi connectivity index (χ4v) is 1.90. The minimum Gasteiger partial charge on any atom is -0.422 e. The van der Waals surface area contributed by atoms with Crippen molar-refractivity contribution in [2.45, 2.75) is 6.42 Å². The van der Waals surface area contributed by atoms with Crippen molar-refractivity contribution in [3.63, 3.8) is 0 Å². The van der Waals surface area contributed by atoms with Gasteiger partial charge in [0, 0.05) is 5.75 Å². The zero-order chi connectivity index (χ0) is 8.81. The summed E-state index contributed by atoms with van der Waals surface area (Å²) in [5, 5.41) is 0. The van der Waals surface area contributed by atoms with Gasteiger partial charge < -0.3 is 24.8 Å². The number of rotatable bonds is 3. The van der Waals surface area contributed by atoms with E-state index in [1.165, 1.54) is 5.56 Å². The maximum absolute atomic E-state index is 4.79. The van der Waals surface area contributed by atoms with Crippen molar-refractivity contribution >= 4 is 40.1 Å². The Bertz CT molecular complexity index is 248. The molecule has 1 aromatic carbocycles. The molecule has 13 heavy (non-hydrogen) atoms. The van der Waals surface area contributed by atoms with Crippen molar-refractivity contribution in [3.8, 4) is 0 Å². The Labute approximate surface area is 137 Å². The molecule has 0 fully saturated rings. The quantitative estimate of drug-likeness (QED) is 0.415. The van der Waals surface area contributed by atoms with Crippen molar-refractivity contribution in [1.82, 2.24) is 0 Å². The van der Waals surface area contributed by atoms with Gasteiger partial charge in [-0.15, -0.1) is 11.8 Å². The molecule has 0 nitrogen and oxygen atoms in total. The molecule has 0 saturated carbocycles. The van der Waals surface area contributed by atoms with Crippen LogP contribution in [0.2, 0.25) is 0 Å². The number of hydrogen-bond acceptors (Lipinski definition) is 3. The molecule has 1 aromatic rings. The molecule has 0 spiro atoms. The molecule has 1 rings (SSSR count). The maximum Gasteiger partial charge on any atom is 1.00 e. The molecule has 0 saturated heterocycles. The van der Waals surface area contributed by atoms with Crippen molar-refractivity contribution in [1.29, 1.82) is 0 Å². The number of benzene rings is 1. The molecule has 0 aliphatic rings. The van der Waals surface area contributed by atoms with Crippen LogP contribution in [0.4, 0.5) is 0 Å². The average molecular weight is 252 g/mol. The molecule has 0 aliphatic carbocycles. The molecule has 0 unspecified atom stereocenters. The van der Waals surface area contributed by atoms with Crippen molar-refractivity contribution in [2.75, 3.05) is 5.75 Å². The Morgan fingerprint density at radius 3 is 2.46 bits per heavy atom. The van der Waals surface area contributed by atoms with Gasteiger partial charge >= 0.3 is 51.4 Å². The summed E-state index contributed by atoms with van der Waals surface area (Å²) in [7, 11) is 0. The normalized spacial score (nSPS) is 8.92. The van der Waals surface area contributed by atoms with Gasteiger partial charge in [0.1, 0.15) is 0 Å². The topological polar surface area (TPSA) is 0 Å². The van der Waals surface area contributed by atoms with Gasteiger partial charge in [0.15, 0.2) is 0 Å². The second-order valence-corrected chi connectivity index (χ2v) is 5.03. The van der Waals surface area contributed by atoms with Crippen molar-refractivity contribution < 1.29 is 51.4 Å². The zero-order valence-electron chi connectivity index (χ0n) is 7.53. The van der Waals surface area contributed by atoms with Crippen molar-refractivity contribution in [2.24, 2.45) is 0 Å². The van der Waals surface area contributed by atoms with E-state index in [1.807, 2.05) is 18.2 Å². The van der Waals surface area contributed by atoms with Gasteiger partial charge in [-0.05, 0) is 12.0 Å². The second kappa shape index (κ2) is 8.80. The number of thioether (sulfide) groups is 1. The van der Waals surface area contributed by atoms with E-state index in [0.29, 0.717) is 3.53 Å². The van der Waals surface area contributed by atoms with Crippen LogP contribution in [0.5, 0.6) is 0 Å². The SMILES string of the molecule is S=C([S-])SCCc1ccccc1.[K+]. The van der Waals surface area contributed by atoms with E-state index in [-0.39, 0.29) is 51.4 Å². The maximum atomic E-state index is 4.79.